The monoisotopic (exact) mass is 348 g/mol. The summed E-state index contributed by atoms with van der Waals surface area (Å²) in [6, 6.07) is 7.78. The molecule has 0 aromatic heterocycles. The Labute approximate surface area is 151 Å². The average molecular weight is 348 g/mol. The zero-order valence-electron chi connectivity index (χ0n) is 15.7. The minimum absolute atomic E-state index is 0.0214. The van der Waals surface area contributed by atoms with Crippen LogP contribution in [0.1, 0.15) is 52.0 Å². The summed E-state index contributed by atoms with van der Waals surface area (Å²) in [4.78, 5) is 12.6. The number of carbonyl (C=O) groups excluding carboxylic acids is 1. The highest BCUT2D eigenvalue weighted by molar-refractivity contribution is 5.93. The zero-order chi connectivity index (χ0) is 18.3. The highest BCUT2D eigenvalue weighted by atomic mass is 16.5. The second-order valence-corrected chi connectivity index (χ2v) is 7.47. The Bertz CT molecular complexity index is 558. The quantitative estimate of drug-likeness (QED) is 0.706. The first kappa shape index (κ1) is 19.9. The van der Waals surface area contributed by atoms with Gasteiger partial charge < -0.3 is 20.5 Å². The molecule has 0 heterocycles. The van der Waals surface area contributed by atoms with Gasteiger partial charge in [0.15, 0.2) is 0 Å². The molecule has 1 amide bonds. The second kappa shape index (κ2) is 9.32. The van der Waals surface area contributed by atoms with Crippen LogP contribution in [-0.2, 0) is 20.9 Å². The van der Waals surface area contributed by atoms with E-state index < -0.39 is 5.54 Å². The molecular weight excluding hydrogens is 316 g/mol. The van der Waals surface area contributed by atoms with Crippen LogP contribution < -0.4 is 11.1 Å². The summed E-state index contributed by atoms with van der Waals surface area (Å²) in [6.45, 7) is 7.64. The van der Waals surface area contributed by atoms with Gasteiger partial charge in [0.1, 0.15) is 0 Å². The van der Waals surface area contributed by atoms with Crippen molar-refractivity contribution in [1.82, 2.24) is 0 Å². The van der Waals surface area contributed by atoms with Crippen molar-refractivity contribution in [2.75, 3.05) is 18.5 Å². The number of ether oxygens (including phenoxy) is 2. The Hall–Kier alpha value is -1.43. The smallest absolute Gasteiger partial charge is 0.229 e. The number of nitrogens with one attached hydrogen (secondary N) is 1. The van der Waals surface area contributed by atoms with Gasteiger partial charge in [-0.1, -0.05) is 25.0 Å². The topological polar surface area (TPSA) is 73.6 Å². The third-order valence-electron chi connectivity index (χ3n) is 4.71. The Balaban J connectivity index is 1.85. The van der Waals surface area contributed by atoms with Crippen LogP contribution >= 0.6 is 0 Å². The molecule has 5 nitrogen and oxygen atoms in total. The van der Waals surface area contributed by atoms with E-state index in [1.54, 1.807) is 0 Å². The maximum absolute atomic E-state index is 12.6. The third-order valence-corrected chi connectivity index (χ3v) is 4.71. The van der Waals surface area contributed by atoms with E-state index in [1.807, 2.05) is 45.0 Å². The number of hydrogen-bond acceptors (Lipinski definition) is 4. The number of nitrogens with two attached hydrogens (primary N) is 1. The number of anilines is 1. The van der Waals surface area contributed by atoms with Gasteiger partial charge in [0.05, 0.1) is 31.8 Å². The molecule has 5 heteroatoms. The molecular formula is C20H32N2O3. The van der Waals surface area contributed by atoms with E-state index in [0.29, 0.717) is 19.8 Å². The van der Waals surface area contributed by atoms with E-state index in [4.69, 9.17) is 15.2 Å². The van der Waals surface area contributed by atoms with Crippen LogP contribution in [0.5, 0.6) is 0 Å². The molecule has 0 spiro atoms. The van der Waals surface area contributed by atoms with Gasteiger partial charge in [-0.2, -0.15) is 0 Å². The van der Waals surface area contributed by atoms with Crippen LogP contribution in [0.25, 0.3) is 0 Å². The average Bonchev–Trinajstić information content (AvgIpc) is 2.54. The summed E-state index contributed by atoms with van der Waals surface area (Å²) in [6.07, 6.45) is 4.14. The van der Waals surface area contributed by atoms with Crippen LogP contribution in [0.4, 0.5) is 5.69 Å². The van der Waals surface area contributed by atoms with Crippen LogP contribution in [0.2, 0.25) is 0 Å². The van der Waals surface area contributed by atoms with Gasteiger partial charge in [0.2, 0.25) is 5.91 Å². The van der Waals surface area contributed by atoms with Gasteiger partial charge >= 0.3 is 0 Å². The Morgan fingerprint density at radius 2 is 2.16 bits per heavy atom. The summed E-state index contributed by atoms with van der Waals surface area (Å²) in [5, 5.41) is 3.02. The standard InChI is InChI=1S/C20H32N2O3/c1-15(2)25-12-11-24-14-16-7-6-8-17(13-16)22-19(23)18-9-4-5-10-20(18,3)21/h6-8,13,15,18H,4-5,9-12,14,21H2,1-3H3,(H,22,23). The van der Waals surface area contributed by atoms with Crippen molar-refractivity contribution in [3.8, 4) is 0 Å². The van der Waals surface area contributed by atoms with Crippen LogP contribution in [0, 0.1) is 5.92 Å². The number of carbonyl (C=O) groups is 1. The van der Waals surface area contributed by atoms with Crippen molar-refractivity contribution in [1.29, 1.82) is 0 Å². The molecule has 2 atom stereocenters. The molecule has 1 aromatic carbocycles. The van der Waals surface area contributed by atoms with Crippen molar-refractivity contribution >= 4 is 11.6 Å². The number of hydrogen-bond donors (Lipinski definition) is 2. The van der Waals surface area contributed by atoms with Crippen molar-refractivity contribution in [3.05, 3.63) is 29.8 Å². The normalized spacial score (nSPS) is 23.6. The lowest BCUT2D eigenvalue weighted by Crippen LogP contribution is -2.51. The fraction of sp³-hybridized carbons (Fsp3) is 0.650. The number of benzene rings is 1. The van der Waals surface area contributed by atoms with E-state index in [2.05, 4.69) is 5.32 Å². The van der Waals surface area contributed by atoms with E-state index in [1.165, 1.54) is 0 Å². The summed E-state index contributed by atoms with van der Waals surface area (Å²) in [7, 11) is 0. The maximum atomic E-state index is 12.6. The Kier molecular flexibility index (Phi) is 7.41. The van der Waals surface area contributed by atoms with Gasteiger partial charge in [0.25, 0.3) is 0 Å². The number of amides is 1. The lowest BCUT2D eigenvalue weighted by atomic mass is 9.74. The Morgan fingerprint density at radius 1 is 1.36 bits per heavy atom. The van der Waals surface area contributed by atoms with Crippen LogP contribution in [0.15, 0.2) is 24.3 Å². The molecule has 0 aliphatic heterocycles. The Morgan fingerprint density at radius 3 is 2.88 bits per heavy atom. The molecule has 140 valence electrons. The molecule has 1 fully saturated rings. The molecule has 1 aliphatic carbocycles. The van der Waals surface area contributed by atoms with E-state index in [-0.39, 0.29) is 17.9 Å². The molecule has 1 aromatic rings. The van der Waals surface area contributed by atoms with Gasteiger partial charge in [-0.3, -0.25) is 4.79 Å². The summed E-state index contributed by atoms with van der Waals surface area (Å²) in [5.41, 5.74) is 7.74. The summed E-state index contributed by atoms with van der Waals surface area (Å²) in [5.74, 6) is -0.109. The van der Waals surface area contributed by atoms with Gasteiger partial charge in [0, 0.05) is 11.2 Å². The van der Waals surface area contributed by atoms with E-state index >= 15 is 0 Å². The molecule has 0 bridgehead atoms. The largest absolute Gasteiger partial charge is 0.376 e. The van der Waals surface area contributed by atoms with Crippen molar-refractivity contribution in [2.45, 2.75) is 64.7 Å². The summed E-state index contributed by atoms with van der Waals surface area (Å²) < 4.78 is 11.1. The molecule has 2 rings (SSSR count). The number of rotatable bonds is 8. The van der Waals surface area contributed by atoms with Crippen molar-refractivity contribution < 1.29 is 14.3 Å². The predicted molar refractivity (Wildman–Crippen MR) is 100 cm³/mol. The molecule has 0 saturated heterocycles. The molecule has 25 heavy (non-hydrogen) atoms. The molecule has 0 radical (unpaired) electrons. The fourth-order valence-electron chi connectivity index (χ4n) is 3.29. The molecule has 2 unspecified atom stereocenters. The highest BCUT2D eigenvalue weighted by Gasteiger charge is 2.37. The van der Waals surface area contributed by atoms with Crippen molar-refractivity contribution in [2.24, 2.45) is 11.7 Å². The van der Waals surface area contributed by atoms with E-state index in [9.17, 15) is 4.79 Å². The van der Waals surface area contributed by atoms with Crippen molar-refractivity contribution in [3.63, 3.8) is 0 Å². The summed E-state index contributed by atoms with van der Waals surface area (Å²) >= 11 is 0. The lowest BCUT2D eigenvalue weighted by molar-refractivity contribution is -0.122. The predicted octanol–water partition coefficient (Wildman–Crippen LogP) is 3.47. The molecule has 1 saturated carbocycles. The SMILES string of the molecule is CC(C)OCCOCc1cccc(NC(=O)C2CCCCC2(C)N)c1. The third kappa shape index (κ3) is 6.42. The molecule has 1 aliphatic rings. The minimum atomic E-state index is -0.417. The van der Waals surface area contributed by atoms with Crippen LogP contribution in [0.3, 0.4) is 0 Å². The minimum Gasteiger partial charge on any atom is -0.376 e. The van der Waals surface area contributed by atoms with Gasteiger partial charge in [-0.15, -0.1) is 0 Å². The zero-order valence-corrected chi connectivity index (χ0v) is 15.7. The second-order valence-electron chi connectivity index (χ2n) is 7.47. The maximum Gasteiger partial charge on any atom is 0.229 e. The van der Waals surface area contributed by atoms with E-state index in [0.717, 1.165) is 36.9 Å². The first-order chi connectivity index (χ1) is 11.9. The first-order valence-corrected chi connectivity index (χ1v) is 9.26. The van der Waals surface area contributed by atoms with Gasteiger partial charge in [-0.05, 0) is 51.3 Å². The van der Waals surface area contributed by atoms with Crippen LogP contribution in [-0.4, -0.2) is 30.8 Å². The highest BCUT2D eigenvalue weighted by Crippen LogP contribution is 2.32. The van der Waals surface area contributed by atoms with Gasteiger partial charge in [-0.25, -0.2) is 0 Å². The first-order valence-electron chi connectivity index (χ1n) is 9.26. The lowest BCUT2D eigenvalue weighted by Gasteiger charge is -2.37. The molecule has 3 N–H and O–H groups in total. The fourth-order valence-corrected chi connectivity index (χ4v) is 3.29.